The van der Waals surface area contributed by atoms with Crippen LogP contribution < -0.4 is 10.1 Å². The summed E-state index contributed by atoms with van der Waals surface area (Å²) in [5.41, 5.74) is 2.42. The SMILES string of the molecule is CC(=O)Oc1ccc(-c2ccc(C(=O)OC(=NC3CCCCC3)NC3CCCCC3)cc2)cc1. The summed E-state index contributed by atoms with van der Waals surface area (Å²) in [6, 6.07) is 15.5. The number of hydrogen-bond acceptors (Lipinski definition) is 5. The van der Waals surface area contributed by atoms with E-state index in [1.54, 1.807) is 24.3 Å². The summed E-state index contributed by atoms with van der Waals surface area (Å²) in [5, 5.41) is 3.43. The van der Waals surface area contributed by atoms with Crippen LogP contribution in [0.4, 0.5) is 0 Å². The lowest BCUT2D eigenvalue weighted by Crippen LogP contribution is -2.39. The molecule has 0 bridgehead atoms. The summed E-state index contributed by atoms with van der Waals surface area (Å²) in [5.74, 6) is -0.235. The van der Waals surface area contributed by atoms with Gasteiger partial charge in [-0.2, -0.15) is 0 Å². The highest BCUT2D eigenvalue weighted by molar-refractivity contribution is 5.98. The Balaban J connectivity index is 1.43. The van der Waals surface area contributed by atoms with Gasteiger partial charge in [-0.25, -0.2) is 9.79 Å². The predicted octanol–water partition coefficient (Wildman–Crippen LogP) is 6.05. The van der Waals surface area contributed by atoms with Gasteiger partial charge < -0.3 is 14.8 Å². The molecule has 0 aliphatic heterocycles. The van der Waals surface area contributed by atoms with Crippen LogP contribution in [0.2, 0.25) is 0 Å². The number of ether oxygens (including phenoxy) is 2. The molecule has 2 saturated carbocycles. The molecule has 0 saturated heterocycles. The van der Waals surface area contributed by atoms with Crippen LogP contribution in [0.5, 0.6) is 5.75 Å². The van der Waals surface area contributed by atoms with Gasteiger partial charge in [-0.3, -0.25) is 4.79 Å². The van der Waals surface area contributed by atoms with Crippen molar-refractivity contribution in [1.29, 1.82) is 0 Å². The van der Waals surface area contributed by atoms with Gasteiger partial charge >= 0.3 is 11.9 Å². The molecule has 6 heteroatoms. The summed E-state index contributed by atoms with van der Waals surface area (Å²) < 4.78 is 10.9. The number of carbonyl (C=O) groups is 2. The number of nitrogens with zero attached hydrogens (tertiary/aromatic N) is 1. The van der Waals surface area contributed by atoms with E-state index in [1.807, 2.05) is 24.3 Å². The maximum absolute atomic E-state index is 12.9. The normalized spacial score (nSPS) is 17.7. The summed E-state index contributed by atoms with van der Waals surface area (Å²) in [6.07, 6.45) is 11.6. The Morgan fingerprint density at radius 1 is 0.794 bits per heavy atom. The minimum Gasteiger partial charge on any atom is -0.427 e. The summed E-state index contributed by atoms with van der Waals surface area (Å²) in [7, 11) is 0. The Hall–Kier alpha value is -3.15. The van der Waals surface area contributed by atoms with Crippen molar-refractivity contribution in [2.45, 2.75) is 83.2 Å². The van der Waals surface area contributed by atoms with Gasteiger partial charge in [-0.05, 0) is 61.1 Å². The zero-order chi connectivity index (χ0) is 23.8. The van der Waals surface area contributed by atoms with Crippen LogP contribution in [-0.4, -0.2) is 30.0 Å². The van der Waals surface area contributed by atoms with E-state index in [1.165, 1.54) is 45.4 Å². The number of amidine groups is 1. The monoisotopic (exact) mass is 462 g/mol. The highest BCUT2D eigenvalue weighted by Gasteiger charge is 2.21. The minimum absolute atomic E-state index is 0.227. The highest BCUT2D eigenvalue weighted by Crippen LogP contribution is 2.24. The molecule has 2 fully saturated rings. The maximum atomic E-state index is 12.9. The number of carbonyl (C=O) groups excluding carboxylic acids is 2. The van der Waals surface area contributed by atoms with Crippen molar-refractivity contribution < 1.29 is 19.1 Å². The summed E-state index contributed by atoms with van der Waals surface area (Å²) >= 11 is 0. The molecule has 4 rings (SSSR count). The molecular formula is C28H34N2O4. The molecule has 0 aromatic heterocycles. The number of aliphatic imine (C=N–C) groups is 1. The molecule has 0 atom stereocenters. The number of esters is 2. The molecule has 0 amide bonds. The topological polar surface area (TPSA) is 77.0 Å². The Morgan fingerprint density at radius 2 is 1.35 bits per heavy atom. The van der Waals surface area contributed by atoms with Gasteiger partial charge in [0.2, 0.25) is 0 Å². The molecule has 0 heterocycles. The van der Waals surface area contributed by atoms with E-state index < -0.39 is 5.97 Å². The van der Waals surface area contributed by atoms with Crippen molar-refractivity contribution in [3.05, 3.63) is 54.1 Å². The first-order chi connectivity index (χ1) is 16.6. The molecule has 0 spiro atoms. The minimum atomic E-state index is -0.394. The third kappa shape index (κ3) is 6.92. The smallest absolute Gasteiger partial charge is 0.345 e. The number of rotatable bonds is 5. The van der Waals surface area contributed by atoms with Gasteiger partial charge in [0.15, 0.2) is 0 Å². The molecule has 180 valence electrons. The lowest BCUT2D eigenvalue weighted by atomic mass is 9.95. The van der Waals surface area contributed by atoms with E-state index in [4.69, 9.17) is 14.5 Å². The molecule has 6 nitrogen and oxygen atoms in total. The standard InChI is InChI=1S/C28H34N2O4/c1-20(31)33-26-18-16-22(17-19-26)21-12-14-23(15-13-21)27(32)34-28(29-24-8-4-2-5-9-24)30-25-10-6-3-7-11-25/h12-19,24-25H,2-11H2,1H3,(H,29,30). The largest absolute Gasteiger partial charge is 0.427 e. The first-order valence-electron chi connectivity index (χ1n) is 12.5. The molecule has 0 unspecified atom stereocenters. The van der Waals surface area contributed by atoms with Gasteiger partial charge in [-0.15, -0.1) is 0 Å². The molecule has 2 aromatic carbocycles. The third-order valence-electron chi connectivity index (χ3n) is 6.57. The van der Waals surface area contributed by atoms with E-state index in [0.29, 0.717) is 23.4 Å². The van der Waals surface area contributed by atoms with Crippen LogP contribution >= 0.6 is 0 Å². The Morgan fingerprint density at radius 3 is 1.94 bits per heavy atom. The van der Waals surface area contributed by atoms with E-state index >= 15 is 0 Å². The van der Waals surface area contributed by atoms with Gasteiger partial charge in [0.25, 0.3) is 6.02 Å². The van der Waals surface area contributed by atoms with Gasteiger partial charge in [0.1, 0.15) is 5.75 Å². The van der Waals surface area contributed by atoms with Crippen LogP contribution in [0.25, 0.3) is 11.1 Å². The quantitative estimate of drug-likeness (QED) is 0.253. The fourth-order valence-corrected chi connectivity index (χ4v) is 4.72. The van der Waals surface area contributed by atoms with Crippen LogP contribution in [0.15, 0.2) is 53.5 Å². The lowest BCUT2D eigenvalue weighted by molar-refractivity contribution is -0.131. The van der Waals surface area contributed by atoms with Crippen molar-refractivity contribution in [2.24, 2.45) is 4.99 Å². The molecular weight excluding hydrogens is 428 g/mol. The van der Waals surface area contributed by atoms with Crippen molar-refractivity contribution in [2.75, 3.05) is 0 Å². The highest BCUT2D eigenvalue weighted by atomic mass is 16.6. The van der Waals surface area contributed by atoms with E-state index in [9.17, 15) is 9.59 Å². The fourth-order valence-electron chi connectivity index (χ4n) is 4.72. The van der Waals surface area contributed by atoms with Crippen LogP contribution in [-0.2, 0) is 9.53 Å². The third-order valence-corrected chi connectivity index (χ3v) is 6.57. The van der Waals surface area contributed by atoms with Gasteiger partial charge in [-0.1, -0.05) is 62.8 Å². The number of nitrogens with one attached hydrogen (secondary N) is 1. The Kier molecular flexibility index (Phi) is 8.34. The number of hydrogen-bond donors (Lipinski definition) is 1. The van der Waals surface area contributed by atoms with Crippen molar-refractivity contribution in [3.8, 4) is 16.9 Å². The molecule has 34 heavy (non-hydrogen) atoms. The van der Waals surface area contributed by atoms with Crippen molar-refractivity contribution in [3.63, 3.8) is 0 Å². The summed E-state index contributed by atoms with van der Waals surface area (Å²) in [6.45, 7) is 1.38. The Bertz CT molecular complexity index is 986. The first-order valence-corrected chi connectivity index (χ1v) is 12.5. The summed E-state index contributed by atoms with van der Waals surface area (Å²) in [4.78, 5) is 28.8. The molecule has 2 aliphatic rings. The second-order valence-corrected chi connectivity index (χ2v) is 9.29. The van der Waals surface area contributed by atoms with Crippen LogP contribution in [0, 0.1) is 0 Å². The first kappa shape index (κ1) is 24.0. The average molecular weight is 463 g/mol. The van der Waals surface area contributed by atoms with Crippen LogP contribution in [0.3, 0.4) is 0 Å². The average Bonchev–Trinajstić information content (AvgIpc) is 2.85. The molecule has 1 N–H and O–H groups in total. The molecule has 2 aliphatic carbocycles. The van der Waals surface area contributed by atoms with E-state index in [0.717, 1.165) is 36.8 Å². The van der Waals surface area contributed by atoms with Crippen molar-refractivity contribution >= 4 is 18.0 Å². The second kappa shape index (κ2) is 11.8. The molecule has 2 aromatic rings. The van der Waals surface area contributed by atoms with E-state index in [-0.39, 0.29) is 12.0 Å². The lowest BCUT2D eigenvalue weighted by Gasteiger charge is -2.25. The Labute approximate surface area is 201 Å². The van der Waals surface area contributed by atoms with Gasteiger partial charge in [0, 0.05) is 13.0 Å². The molecule has 0 radical (unpaired) electrons. The maximum Gasteiger partial charge on any atom is 0.345 e. The van der Waals surface area contributed by atoms with Gasteiger partial charge in [0.05, 0.1) is 11.6 Å². The predicted molar refractivity (Wildman–Crippen MR) is 133 cm³/mol. The van der Waals surface area contributed by atoms with E-state index in [2.05, 4.69) is 5.32 Å². The number of benzene rings is 2. The zero-order valence-electron chi connectivity index (χ0n) is 19.9. The van der Waals surface area contributed by atoms with Crippen molar-refractivity contribution in [1.82, 2.24) is 5.32 Å². The van der Waals surface area contributed by atoms with Crippen LogP contribution in [0.1, 0.15) is 81.5 Å². The zero-order valence-corrected chi connectivity index (χ0v) is 19.9. The fraction of sp³-hybridized carbons (Fsp3) is 0.464. The second-order valence-electron chi connectivity index (χ2n) is 9.29.